The molecule has 9 nitrogen and oxygen atoms in total. The van der Waals surface area contributed by atoms with Crippen LogP contribution in [0.25, 0.3) is 33.3 Å². The van der Waals surface area contributed by atoms with Crippen molar-refractivity contribution >= 4 is 22.6 Å². The third-order valence-electron chi connectivity index (χ3n) is 6.49. The molecule has 41 heavy (non-hydrogen) atoms. The van der Waals surface area contributed by atoms with Gasteiger partial charge in [-0.3, -0.25) is 4.79 Å². The molecular weight excluding hydrogens is 528 g/mol. The van der Waals surface area contributed by atoms with Crippen LogP contribution in [0.1, 0.15) is 16.8 Å². The molecule has 0 saturated heterocycles. The lowest BCUT2D eigenvalue weighted by Gasteiger charge is -2.13. The monoisotopic (exact) mass is 551 g/mol. The second-order valence-corrected chi connectivity index (χ2v) is 9.14. The third kappa shape index (κ3) is 5.06. The number of benzene rings is 2. The van der Waals surface area contributed by atoms with E-state index < -0.39 is 17.5 Å². The van der Waals surface area contributed by atoms with Gasteiger partial charge >= 0.3 is 6.01 Å². The molecule has 1 amide bonds. The van der Waals surface area contributed by atoms with Crippen molar-refractivity contribution in [1.82, 2.24) is 24.8 Å². The number of nitrogens with one attached hydrogen (secondary N) is 1. The van der Waals surface area contributed by atoms with Gasteiger partial charge in [0.1, 0.15) is 29.3 Å². The molecule has 0 spiro atoms. The van der Waals surface area contributed by atoms with Gasteiger partial charge in [-0.1, -0.05) is 12.6 Å². The highest BCUT2D eigenvalue weighted by Crippen LogP contribution is 2.45. The summed E-state index contributed by atoms with van der Waals surface area (Å²) in [5, 5.41) is 12.7. The Morgan fingerprint density at radius 3 is 2.61 bits per heavy atom. The quantitative estimate of drug-likeness (QED) is 0.261. The number of amides is 1. The fourth-order valence-corrected chi connectivity index (χ4v) is 4.63. The van der Waals surface area contributed by atoms with Crippen molar-refractivity contribution in [3.8, 4) is 40.2 Å². The molecule has 0 saturated carbocycles. The maximum Gasteiger partial charge on any atom is 0.322 e. The molecule has 0 radical (unpaired) electrons. The Bertz CT molecular complexity index is 1890. The summed E-state index contributed by atoms with van der Waals surface area (Å²) < 4.78 is 38.8. The summed E-state index contributed by atoms with van der Waals surface area (Å²) in [6, 6.07) is 12.5. The van der Waals surface area contributed by atoms with Crippen LogP contribution in [0.15, 0.2) is 67.5 Å². The van der Waals surface area contributed by atoms with E-state index >= 15 is 8.78 Å². The number of fused-ring (bicyclic) bond motifs is 1. The molecule has 0 atom stereocenters. The van der Waals surface area contributed by atoms with Crippen molar-refractivity contribution < 1.29 is 18.3 Å². The third-order valence-corrected chi connectivity index (χ3v) is 6.49. The zero-order chi connectivity index (χ0) is 29.3. The van der Waals surface area contributed by atoms with Gasteiger partial charge in [-0.25, -0.2) is 23.7 Å². The molecule has 0 aliphatic carbocycles. The Morgan fingerprint density at radius 1 is 1.17 bits per heavy atom. The number of nitriles is 1. The Labute approximate surface area is 233 Å². The molecule has 5 rings (SSSR count). The van der Waals surface area contributed by atoms with Gasteiger partial charge in [-0.05, 0) is 48.9 Å². The van der Waals surface area contributed by atoms with Crippen LogP contribution in [0.5, 0.6) is 11.8 Å². The summed E-state index contributed by atoms with van der Waals surface area (Å²) in [4.78, 5) is 23.9. The molecule has 204 valence electrons. The number of carbonyl (C=O) groups excluding carboxylic acids is 1. The smallest absolute Gasteiger partial charge is 0.322 e. The van der Waals surface area contributed by atoms with Crippen molar-refractivity contribution in [2.45, 2.75) is 13.5 Å². The number of hydrogen-bond donors (Lipinski definition) is 2. The summed E-state index contributed by atoms with van der Waals surface area (Å²) in [6.45, 7) is 5.26. The minimum absolute atomic E-state index is 0.0490. The van der Waals surface area contributed by atoms with Crippen LogP contribution in [-0.4, -0.2) is 25.4 Å². The number of nitrogens with two attached hydrogens (primary N) is 1. The maximum atomic E-state index is 15.8. The molecule has 3 aromatic heterocycles. The second-order valence-electron chi connectivity index (χ2n) is 9.14. The predicted octanol–water partition coefficient (Wildman–Crippen LogP) is 5.33. The molecule has 2 aromatic carbocycles. The highest BCUT2D eigenvalue weighted by Gasteiger charge is 2.27. The molecule has 5 aromatic rings. The summed E-state index contributed by atoms with van der Waals surface area (Å²) in [5.41, 5.74) is 8.79. The average molecular weight is 552 g/mol. The zero-order valence-electron chi connectivity index (χ0n) is 22.1. The Kier molecular flexibility index (Phi) is 7.14. The molecule has 3 heterocycles. The van der Waals surface area contributed by atoms with Gasteiger partial charge < -0.3 is 20.4 Å². The average Bonchev–Trinajstić information content (AvgIpc) is 3.25. The number of aryl methyl sites for hydroxylation is 2. The lowest BCUT2D eigenvalue weighted by molar-refractivity contribution is -0.116. The first kappa shape index (κ1) is 27.0. The van der Waals surface area contributed by atoms with Crippen molar-refractivity contribution in [3.05, 3.63) is 96.0 Å². The lowest BCUT2D eigenvalue weighted by Crippen LogP contribution is -2.20. The Balaban J connectivity index is 1.69. The molecule has 0 fully saturated rings. The van der Waals surface area contributed by atoms with Crippen molar-refractivity contribution in [3.63, 3.8) is 0 Å². The normalized spacial score (nSPS) is 10.8. The topological polar surface area (TPSA) is 132 Å². The number of pyridine rings is 1. The molecule has 0 bridgehead atoms. The molecule has 0 aliphatic heterocycles. The number of hydrogen-bond acceptors (Lipinski definition) is 7. The van der Waals surface area contributed by atoms with Crippen LogP contribution in [-0.2, 0) is 18.4 Å². The highest BCUT2D eigenvalue weighted by molar-refractivity contribution is 6.10. The zero-order valence-corrected chi connectivity index (χ0v) is 22.1. The fourth-order valence-electron chi connectivity index (χ4n) is 4.63. The van der Waals surface area contributed by atoms with E-state index in [0.29, 0.717) is 22.2 Å². The predicted molar refractivity (Wildman–Crippen MR) is 150 cm³/mol. The molecule has 0 aliphatic rings. The largest absolute Gasteiger partial charge is 0.424 e. The molecule has 3 N–H and O–H groups in total. The van der Waals surface area contributed by atoms with Crippen LogP contribution < -0.4 is 15.8 Å². The molecular formula is C30H23F2N7O2. The summed E-state index contributed by atoms with van der Waals surface area (Å²) in [5.74, 6) is -1.50. The summed E-state index contributed by atoms with van der Waals surface area (Å²) in [7, 11) is 1.64. The number of ether oxygens (including phenoxy) is 1. The first-order valence-electron chi connectivity index (χ1n) is 12.3. The van der Waals surface area contributed by atoms with E-state index in [0.717, 1.165) is 6.08 Å². The van der Waals surface area contributed by atoms with Gasteiger partial charge in [-0.2, -0.15) is 5.26 Å². The first-order valence-corrected chi connectivity index (χ1v) is 12.3. The van der Waals surface area contributed by atoms with Crippen molar-refractivity contribution in [2.24, 2.45) is 7.05 Å². The summed E-state index contributed by atoms with van der Waals surface area (Å²) >= 11 is 0. The first-order chi connectivity index (χ1) is 19.7. The van der Waals surface area contributed by atoms with E-state index in [1.165, 1.54) is 42.7 Å². The van der Waals surface area contributed by atoms with E-state index in [2.05, 4.69) is 32.9 Å². The number of aromatic nitrogens is 4. The number of nitrogens with zero attached hydrogens (tertiary/aromatic N) is 5. The van der Waals surface area contributed by atoms with Gasteiger partial charge in [0.25, 0.3) is 0 Å². The van der Waals surface area contributed by atoms with Crippen LogP contribution in [0.4, 0.5) is 14.6 Å². The van der Waals surface area contributed by atoms with E-state index in [9.17, 15) is 10.1 Å². The Morgan fingerprint density at radius 2 is 1.93 bits per heavy atom. The van der Waals surface area contributed by atoms with Gasteiger partial charge in [0.15, 0.2) is 0 Å². The number of nitrogen functional groups attached to an aromatic ring is 1. The van der Waals surface area contributed by atoms with Crippen LogP contribution in [0.2, 0.25) is 0 Å². The van der Waals surface area contributed by atoms with E-state index in [4.69, 9.17) is 10.5 Å². The maximum absolute atomic E-state index is 15.8. The fraction of sp³-hybridized carbons (Fsp3) is 0.100. The van der Waals surface area contributed by atoms with E-state index in [-0.39, 0.29) is 52.1 Å². The van der Waals surface area contributed by atoms with Gasteiger partial charge in [0.05, 0.1) is 22.2 Å². The molecule has 0 unspecified atom stereocenters. The standard InChI is InChI=1S/C30H23F2N7O2/c1-4-24(40)36-14-17-5-7-21(22(31)11-17)28-25(26-27(39(28)3)18(13-33)15-37-29(26)34)20-8-6-19(12-23(20)32)41-30-35-10-9-16(2)38-30/h4-12,15H,1,14H2,2-3H3,(H2,34,37)(H,36,40). The highest BCUT2D eigenvalue weighted by atomic mass is 19.1. The van der Waals surface area contributed by atoms with E-state index in [1.807, 2.05) is 0 Å². The second kappa shape index (κ2) is 10.9. The summed E-state index contributed by atoms with van der Waals surface area (Å²) in [6.07, 6.45) is 3.97. The lowest BCUT2D eigenvalue weighted by atomic mass is 9.96. The van der Waals surface area contributed by atoms with Crippen LogP contribution in [0.3, 0.4) is 0 Å². The molecule has 11 heteroatoms. The number of carbonyl (C=O) groups is 1. The van der Waals surface area contributed by atoms with E-state index in [1.54, 1.807) is 30.7 Å². The number of halogens is 2. The van der Waals surface area contributed by atoms with Gasteiger partial charge in [-0.15, -0.1) is 0 Å². The Hall–Kier alpha value is -5.63. The van der Waals surface area contributed by atoms with Gasteiger partial charge in [0, 0.05) is 54.4 Å². The van der Waals surface area contributed by atoms with Crippen molar-refractivity contribution in [1.29, 1.82) is 5.26 Å². The minimum atomic E-state index is -0.685. The minimum Gasteiger partial charge on any atom is -0.424 e. The van der Waals surface area contributed by atoms with Crippen molar-refractivity contribution in [2.75, 3.05) is 5.73 Å². The number of anilines is 1. The SMILES string of the molecule is C=CC(=O)NCc1ccc(-c2c(-c3ccc(Oc4nccc(C)n4)cc3F)c3c(N)ncc(C#N)c3n2C)c(F)c1. The van der Waals surface area contributed by atoms with Crippen LogP contribution in [0, 0.1) is 29.9 Å². The number of rotatable bonds is 7. The van der Waals surface area contributed by atoms with Gasteiger partial charge in [0.2, 0.25) is 5.91 Å². The van der Waals surface area contributed by atoms with Crippen LogP contribution >= 0.6 is 0 Å².